The maximum Gasteiger partial charge on any atom is -0.0349 e. The van der Waals surface area contributed by atoms with Gasteiger partial charge in [0.15, 0.2) is 0 Å². The van der Waals surface area contributed by atoms with Crippen molar-refractivity contribution in [1.82, 2.24) is 0 Å². The summed E-state index contributed by atoms with van der Waals surface area (Å²) in [7, 11) is 0. The molecule has 2 unspecified atom stereocenters. The normalized spacial score (nSPS) is 29.2. The van der Waals surface area contributed by atoms with E-state index in [2.05, 4.69) is 27.7 Å². The minimum absolute atomic E-state index is 0.617. The minimum atomic E-state index is 0.617. The third kappa shape index (κ3) is 5.37. The molecule has 0 aromatic carbocycles. The van der Waals surface area contributed by atoms with Gasteiger partial charge in [0.1, 0.15) is 0 Å². The van der Waals surface area contributed by atoms with Crippen LogP contribution in [0.5, 0.6) is 0 Å². The Hall–Kier alpha value is 0. The Morgan fingerprint density at radius 3 is 2.31 bits per heavy atom. The summed E-state index contributed by atoms with van der Waals surface area (Å²) in [4.78, 5) is 0. The van der Waals surface area contributed by atoms with E-state index in [1.54, 1.807) is 0 Å². The monoisotopic (exact) mass is 224 g/mol. The van der Waals surface area contributed by atoms with E-state index in [4.69, 9.17) is 0 Å². The average Bonchev–Trinajstić information content (AvgIpc) is 2.14. The molecule has 0 bridgehead atoms. The highest BCUT2D eigenvalue weighted by Crippen LogP contribution is 2.43. The molecule has 2 atom stereocenters. The van der Waals surface area contributed by atoms with Crippen LogP contribution in [-0.2, 0) is 0 Å². The summed E-state index contributed by atoms with van der Waals surface area (Å²) in [6.45, 7) is 9.68. The first-order chi connectivity index (χ1) is 7.53. The van der Waals surface area contributed by atoms with E-state index >= 15 is 0 Å². The van der Waals surface area contributed by atoms with Crippen molar-refractivity contribution >= 4 is 0 Å². The topological polar surface area (TPSA) is 0 Å². The summed E-state index contributed by atoms with van der Waals surface area (Å²) < 4.78 is 0. The van der Waals surface area contributed by atoms with Crippen LogP contribution in [0, 0.1) is 17.3 Å². The Kier molecular flexibility index (Phi) is 5.86. The Morgan fingerprint density at radius 1 is 1.00 bits per heavy atom. The summed E-state index contributed by atoms with van der Waals surface area (Å²) in [5.74, 6) is 1.99. The number of hydrogen-bond acceptors (Lipinski definition) is 0. The predicted octanol–water partition coefficient (Wildman–Crippen LogP) is 5.81. The van der Waals surface area contributed by atoms with E-state index in [9.17, 15) is 0 Å². The molecule has 0 heterocycles. The Morgan fingerprint density at radius 2 is 1.69 bits per heavy atom. The second kappa shape index (κ2) is 6.67. The molecule has 1 fully saturated rings. The largest absolute Gasteiger partial charge is 0.0654 e. The fourth-order valence-electron chi connectivity index (χ4n) is 3.80. The second-order valence-corrected chi connectivity index (χ2v) is 6.98. The Labute approximate surface area is 103 Å². The fourth-order valence-corrected chi connectivity index (χ4v) is 3.80. The molecule has 1 saturated carbocycles. The van der Waals surface area contributed by atoms with Gasteiger partial charge in [-0.15, -0.1) is 0 Å². The van der Waals surface area contributed by atoms with Gasteiger partial charge in [0, 0.05) is 0 Å². The average molecular weight is 224 g/mol. The van der Waals surface area contributed by atoms with Crippen LogP contribution in [0.1, 0.15) is 85.5 Å². The van der Waals surface area contributed by atoms with Crippen molar-refractivity contribution in [1.29, 1.82) is 0 Å². The molecule has 0 spiro atoms. The van der Waals surface area contributed by atoms with Crippen LogP contribution in [0.2, 0.25) is 0 Å². The van der Waals surface area contributed by atoms with Gasteiger partial charge in [-0.2, -0.15) is 0 Å². The molecular weight excluding hydrogens is 192 g/mol. The summed E-state index contributed by atoms with van der Waals surface area (Å²) >= 11 is 0. The number of rotatable bonds is 6. The van der Waals surface area contributed by atoms with Crippen LogP contribution in [0.3, 0.4) is 0 Å². The van der Waals surface area contributed by atoms with Crippen LogP contribution in [-0.4, -0.2) is 0 Å². The molecule has 0 aromatic rings. The Balaban J connectivity index is 2.16. The third-order valence-electron chi connectivity index (χ3n) is 4.19. The summed E-state index contributed by atoms with van der Waals surface area (Å²) in [6.07, 6.45) is 13.1. The van der Waals surface area contributed by atoms with Gasteiger partial charge in [-0.25, -0.2) is 0 Å². The molecule has 16 heavy (non-hydrogen) atoms. The first-order valence-corrected chi connectivity index (χ1v) is 7.53. The smallest absolute Gasteiger partial charge is 0.0349 e. The van der Waals surface area contributed by atoms with Gasteiger partial charge in [0.25, 0.3) is 0 Å². The fraction of sp³-hybridized carbons (Fsp3) is 1.00. The zero-order valence-corrected chi connectivity index (χ0v) is 12.0. The lowest BCUT2D eigenvalue weighted by molar-refractivity contribution is 0.125. The summed E-state index contributed by atoms with van der Waals surface area (Å²) in [5.41, 5.74) is 0.617. The van der Waals surface area contributed by atoms with Crippen LogP contribution < -0.4 is 0 Å². The van der Waals surface area contributed by atoms with Crippen molar-refractivity contribution in [3.63, 3.8) is 0 Å². The molecule has 1 rings (SSSR count). The highest BCUT2D eigenvalue weighted by atomic mass is 14.4. The number of unbranched alkanes of at least 4 members (excludes halogenated alkanes) is 4. The molecule has 0 radical (unpaired) electrons. The van der Waals surface area contributed by atoms with Crippen LogP contribution in [0.25, 0.3) is 0 Å². The van der Waals surface area contributed by atoms with Gasteiger partial charge in [-0.3, -0.25) is 0 Å². The molecule has 0 amide bonds. The SMILES string of the molecule is CCCCCCCC1CC(C)CC(C)(C)C1. The third-order valence-corrected chi connectivity index (χ3v) is 4.19. The van der Waals surface area contributed by atoms with E-state index in [-0.39, 0.29) is 0 Å². The van der Waals surface area contributed by atoms with Gasteiger partial charge in [0.05, 0.1) is 0 Å². The second-order valence-electron chi connectivity index (χ2n) is 6.98. The van der Waals surface area contributed by atoms with E-state index < -0.39 is 0 Å². The quantitative estimate of drug-likeness (QED) is 0.499. The number of hydrogen-bond donors (Lipinski definition) is 0. The van der Waals surface area contributed by atoms with Crippen molar-refractivity contribution in [2.24, 2.45) is 17.3 Å². The molecule has 0 nitrogen and oxygen atoms in total. The molecule has 0 N–H and O–H groups in total. The zero-order valence-electron chi connectivity index (χ0n) is 12.0. The van der Waals surface area contributed by atoms with Crippen LogP contribution in [0.4, 0.5) is 0 Å². The van der Waals surface area contributed by atoms with Crippen LogP contribution in [0.15, 0.2) is 0 Å². The molecular formula is C16H32. The van der Waals surface area contributed by atoms with Gasteiger partial charge in [0.2, 0.25) is 0 Å². The van der Waals surface area contributed by atoms with Gasteiger partial charge in [-0.1, -0.05) is 66.2 Å². The lowest BCUT2D eigenvalue weighted by atomic mass is 9.67. The standard InChI is InChI=1S/C16H32/c1-5-6-7-8-9-10-15-11-14(2)12-16(3,4)13-15/h14-15H,5-13H2,1-4H3. The highest BCUT2D eigenvalue weighted by Gasteiger charge is 2.31. The minimum Gasteiger partial charge on any atom is -0.0654 e. The maximum atomic E-state index is 2.47. The maximum absolute atomic E-state index is 2.47. The molecule has 1 aliphatic rings. The molecule has 0 aromatic heterocycles. The molecule has 96 valence electrons. The molecule has 1 aliphatic carbocycles. The van der Waals surface area contributed by atoms with E-state index in [1.165, 1.54) is 57.8 Å². The van der Waals surface area contributed by atoms with Gasteiger partial charge < -0.3 is 0 Å². The molecule has 0 heteroatoms. The van der Waals surface area contributed by atoms with Crippen LogP contribution >= 0.6 is 0 Å². The summed E-state index contributed by atoms with van der Waals surface area (Å²) in [6, 6.07) is 0. The first-order valence-electron chi connectivity index (χ1n) is 7.53. The zero-order chi connectivity index (χ0) is 12.0. The van der Waals surface area contributed by atoms with Crippen molar-refractivity contribution in [3.8, 4) is 0 Å². The van der Waals surface area contributed by atoms with Crippen molar-refractivity contribution in [3.05, 3.63) is 0 Å². The predicted molar refractivity (Wildman–Crippen MR) is 73.7 cm³/mol. The van der Waals surface area contributed by atoms with E-state index in [1.807, 2.05) is 0 Å². The lowest BCUT2D eigenvalue weighted by Gasteiger charge is -2.39. The first kappa shape index (κ1) is 14.1. The van der Waals surface area contributed by atoms with Crippen molar-refractivity contribution < 1.29 is 0 Å². The molecule has 0 aliphatic heterocycles. The van der Waals surface area contributed by atoms with Crippen molar-refractivity contribution in [2.75, 3.05) is 0 Å². The lowest BCUT2D eigenvalue weighted by Crippen LogP contribution is -2.27. The highest BCUT2D eigenvalue weighted by molar-refractivity contribution is 4.82. The van der Waals surface area contributed by atoms with Crippen molar-refractivity contribution in [2.45, 2.75) is 85.5 Å². The van der Waals surface area contributed by atoms with E-state index in [0.29, 0.717) is 5.41 Å². The molecule has 0 saturated heterocycles. The van der Waals surface area contributed by atoms with E-state index in [0.717, 1.165) is 11.8 Å². The summed E-state index contributed by atoms with van der Waals surface area (Å²) in [5, 5.41) is 0. The Bertz CT molecular complexity index is 180. The van der Waals surface area contributed by atoms with Gasteiger partial charge in [-0.05, 0) is 36.5 Å². The van der Waals surface area contributed by atoms with Gasteiger partial charge >= 0.3 is 0 Å².